The van der Waals surface area contributed by atoms with Crippen LogP contribution in [0.5, 0.6) is 0 Å². The fraction of sp³-hybridized carbons (Fsp3) is 0.778. The molecule has 0 saturated carbocycles. The Kier molecular flexibility index (Phi) is 3.89. The molecular formula is C9H18N4. The van der Waals surface area contributed by atoms with Crippen LogP contribution in [-0.4, -0.2) is 28.4 Å². The van der Waals surface area contributed by atoms with Crippen LogP contribution >= 0.6 is 0 Å². The van der Waals surface area contributed by atoms with Crippen LogP contribution in [0.2, 0.25) is 0 Å². The Morgan fingerprint density at radius 1 is 1.38 bits per heavy atom. The lowest BCUT2D eigenvalue weighted by Crippen LogP contribution is -2.11. The predicted molar refractivity (Wildman–Crippen MR) is 52.7 cm³/mol. The summed E-state index contributed by atoms with van der Waals surface area (Å²) in [5, 5.41) is 11.3. The molecular weight excluding hydrogens is 164 g/mol. The average molecular weight is 182 g/mol. The molecule has 0 aliphatic rings. The molecule has 0 bridgehead atoms. The second kappa shape index (κ2) is 4.97. The van der Waals surface area contributed by atoms with Crippen LogP contribution in [0.4, 0.5) is 0 Å². The van der Waals surface area contributed by atoms with Crippen LogP contribution in [0.3, 0.4) is 0 Å². The minimum absolute atomic E-state index is 0.966. The van der Waals surface area contributed by atoms with E-state index in [1.807, 2.05) is 14.0 Å². The van der Waals surface area contributed by atoms with E-state index in [1.54, 1.807) is 0 Å². The molecule has 4 heteroatoms. The van der Waals surface area contributed by atoms with Gasteiger partial charge >= 0.3 is 0 Å². The summed E-state index contributed by atoms with van der Waals surface area (Å²) >= 11 is 0. The van der Waals surface area contributed by atoms with Gasteiger partial charge in [-0.1, -0.05) is 0 Å². The van der Waals surface area contributed by atoms with Crippen molar-refractivity contribution in [3.63, 3.8) is 0 Å². The van der Waals surface area contributed by atoms with Gasteiger partial charge < -0.3 is 9.88 Å². The van der Waals surface area contributed by atoms with E-state index in [-0.39, 0.29) is 0 Å². The normalized spacial score (nSPS) is 10.7. The first-order valence-electron chi connectivity index (χ1n) is 4.82. The quantitative estimate of drug-likeness (QED) is 0.684. The Hall–Kier alpha value is -0.900. The lowest BCUT2D eigenvalue weighted by Gasteiger charge is -2.04. The second-order valence-corrected chi connectivity index (χ2v) is 3.11. The third kappa shape index (κ3) is 2.52. The van der Waals surface area contributed by atoms with Gasteiger partial charge in [0.15, 0.2) is 0 Å². The molecule has 0 radical (unpaired) electrons. The van der Waals surface area contributed by atoms with Gasteiger partial charge in [0, 0.05) is 13.0 Å². The summed E-state index contributed by atoms with van der Waals surface area (Å²) in [7, 11) is 1.97. The standard InChI is InChI=1S/C9H18N4/c1-4-13-8(2)11-12-9(13)6-5-7-10-3/h10H,4-7H2,1-3H3. The Balaban J connectivity index is 2.55. The highest BCUT2D eigenvalue weighted by Gasteiger charge is 2.05. The summed E-state index contributed by atoms with van der Waals surface area (Å²) in [6, 6.07) is 0. The first-order valence-corrected chi connectivity index (χ1v) is 4.82. The molecule has 1 aromatic rings. The van der Waals surface area contributed by atoms with E-state index in [1.165, 1.54) is 0 Å². The van der Waals surface area contributed by atoms with Gasteiger partial charge in [-0.05, 0) is 33.9 Å². The zero-order chi connectivity index (χ0) is 9.68. The van der Waals surface area contributed by atoms with Crippen LogP contribution in [0.1, 0.15) is 25.0 Å². The number of nitrogens with one attached hydrogen (secondary N) is 1. The molecule has 1 N–H and O–H groups in total. The number of hydrogen-bond donors (Lipinski definition) is 1. The molecule has 0 atom stereocenters. The minimum Gasteiger partial charge on any atom is -0.320 e. The van der Waals surface area contributed by atoms with Gasteiger partial charge in [0.05, 0.1) is 0 Å². The molecule has 0 fully saturated rings. The minimum atomic E-state index is 0.966. The molecule has 1 heterocycles. The van der Waals surface area contributed by atoms with Crippen molar-refractivity contribution in [3.05, 3.63) is 11.6 Å². The van der Waals surface area contributed by atoms with E-state index < -0.39 is 0 Å². The number of hydrogen-bond acceptors (Lipinski definition) is 3. The SMILES string of the molecule is CCn1c(C)nnc1CCCNC. The topological polar surface area (TPSA) is 42.7 Å². The van der Waals surface area contributed by atoms with Gasteiger partial charge in [-0.25, -0.2) is 0 Å². The van der Waals surface area contributed by atoms with E-state index in [0.717, 1.165) is 37.6 Å². The fourth-order valence-electron chi connectivity index (χ4n) is 1.44. The van der Waals surface area contributed by atoms with Crippen molar-refractivity contribution < 1.29 is 0 Å². The first-order chi connectivity index (χ1) is 6.29. The predicted octanol–water partition coefficient (Wildman–Crippen LogP) is 0.758. The maximum Gasteiger partial charge on any atom is 0.133 e. The van der Waals surface area contributed by atoms with Gasteiger partial charge in [-0.3, -0.25) is 0 Å². The Morgan fingerprint density at radius 3 is 2.77 bits per heavy atom. The lowest BCUT2D eigenvalue weighted by molar-refractivity contribution is 0.638. The molecule has 0 unspecified atom stereocenters. The summed E-state index contributed by atoms with van der Waals surface area (Å²) in [6.07, 6.45) is 2.13. The Labute approximate surface area is 79.4 Å². The largest absolute Gasteiger partial charge is 0.320 e. The number of aromatic nitrogens is 3. The van der Waals surface area contributed by atoms with Crippen molar-refractivity contribution in [3.8, 4) is 0 Å². The summed E-state index contributed by atoms with van der Waals surface area (Å²) in [4.78, 5) is 0. The van der Waals surface area contributed by atoms with E-state index in [2.05, 4.69) is 27.0 Å². The summed E-state index contributed by atoms with van der Waals surface area (Å²) in [6.45, 7) is 6.12. The van der Waals surface area contributed by atoms with Gasteiger partial charge in [0.25, 0.3) is 0 Å². The van der Waals surface area contributed by atoms with Gasteiger partial charge in [0.1, 0.15) is 11.6 Å². The van der Waals surface area contributed by atoms with Crippen LogP contribution in [0.25, 0.3) is 0 Å². The Bertz CT molecular complexity index is 254. The highest BCUT2D eigenvalue weighted by molar-refractivity contribution is 4.93. The molecule has 1 rings (SSSR count). The molecule has 1 aromatic heterocycles. The van der Waals surface area contributed by atoms with Gasteiger partial charge in [0.2, 0.25) is 0 Å². The molecule has 0 amide bonds. The summed E-state index contributed by atoms with van der Waals surface area (Å²) < 4.78 is 2.16. The summed E-state index contributed by atoms with van der Waals surface area (Å²) in [5.74, 6) is 2.12. The number of aryl methyl sites for hydroxylation is 2. The van der Waals surface area contributed by atoms with Gasteiger partial charge in [-0.2, -0.15) is 0 Å². The molecule has 0 aliphatic carbocycles. The van der Waals surface area contributed by atoms with Crippen LogP contribution in [0.15, 0.2) is 0 Å². The van der Waals surface area contributed by atoms with Crippen molar-refractivity contribution in [1.29, 1.82) is 0 Å². The maximum absolute atomic E-state index is 4.14. The number of rotatable bonds is 5. The monoisotopic (exact) mass is 182 g/mol. The molecule has 0 spiro atoms. The van der Waals surface area contributed by atoms with Crippen molar-refractivity contribution in [2.75, 3.05) is 13.6 Å². The maximum atomic E-state index is 4.14. The fourth-order valence-corrected chi connectivity index (χ4v) is 1.44. The second-order valence-electron chi connectivity index (χ2n) is 3.11. The molecule has 0 aliphatic heterocycles. The highest BCUT2D eigenvalue weighted by atomic mass is 15.3. The van der Waals surface area contributed by atoms with Gasteiger partial charge in [-0.15, -0.1) is 10.2 Å². The van der Waals surface area contributed by atoms with E-state index in [0.29, 0.717) is 0 Å². The zero-order valence-electron chi connectivity index (χ0n) is 8.67. The first kappa shape index (κ1) is 10.2. The van der Waals surface area contributed by atoms with Crippen molar-refractivity contribution >= 4 is 0 Å². The highest BCUT2D eigenvalue weighted by Crippen LogP contribution is 2.02. The summed E-state index contributed by atoms with van der Waals surface area (Å²) in [5.41, 5.74) is 0. The average Bonchev–Trinajstić information content (AvgIpc) is 2.47. The lowest BCUT2D eigenvalue weighted by atomic mass is 10.3. The third-order valence-corrected chi connectivity index (χ3v) is 2.16. The van der Waals surface area contributed by atoms with Crippen LogP contribution in [-0.2, 0) is 13.0 Å². The van der Waals surface area contributed by atoms with Crippen LogP contribution < -0.4 is 5.32 Å². The molecule has 4 nitrogen and oxygen atoms in total. The van der Waals surface area contributed by atoms with E-state index in [4.69, 9.17) is 0 Å². The third-order valence-electron chi connectivity index (χ3n) is 2.16. The Morgan fingerprint density at radius 2 is 2.15 bits per heavy atom. The zero-order valence-corrected chi connectivity index (χ0v) is 8.67. The molecule has 0 saturated heterocycles. The number of nitrogens with zero attached hydrogens (tertiary/aromatic N) is 3. The van der Waals surface area contributed by atoms with Crippen LogP contribution in [0, 0.1) is 6.92 Å². The van der Waals surface area contributed by atoms with E-state index in [9.17, 15) is 0 Å². The smallest absolute Gasteiger partial charge is 0.133 e. The van der Waals surface area contributed by atoms with Crippen molar-refractivity contribution in [2.45, 2.75) is 33.2 Å². The molecule has 74 valence electrons. The van der Waals surface area contributed by atoms with Crippen molar-refractivity contribution in [2.24, 2.45) is 0 Å². The van der Waals surface area contributed by atoms with Crippen molar-refractivity contribution in [1.82, 2.24) is 20.1 Å². The molecule has 0 aromatic carbocycles. The van der Waals surface area contributed by atoms with E-state index >= 15 is 0 Å². The molecule has 13 heavy (non-hydrogen) atoms.